The zero-order valence-electron chi connectivity index (χ0n) is 14.1. The molecule has 2 aromatic carbocycles. The minimum absolute atomic E-state index is 0.0349. The first-order valence-corrected chi connectivity index (χ1v) is 7.79. The standard InChI is InChI=1S/C19H13F6NO2/c20-18(21,22)13-6-5-7-14(12-13)28-11-4-3-10-26-17(27)15-8-1-2-9-16(15)19(23,24)25/h1-2,5-9,12H,10-11H2,(H,26,27). The van der Waals surface area contributed by atoms with E-state index < -0.39 is 35.0 Å². The molecule has 9 heteroatoms. The average molecular weight is 401 g/mol. The van der Waals surface area contributed by atoms with E-state index in [1.54, 1.807) is 0 Å². The van der Waals surface area contributed by atoms with Crippen LogP contribution < -0.4 is 10.1 Å². The largest absolute Gasteiger partial charge is 0.481 e. The number of alkyl halides is 6. The van der Waals surface area contributed by atoms with E-state index in [-0.39, 0.29) is 18.9 Å². The van der Waals surface area contributed by atoms with Crippen molar-refractivity contribution in [1.82, 2.24) is 5.32 Å². The summed E-state index contributed by atoms with van der Waals surface area (Å²) >= 11 is 0. The minimum atomic E-state index is -4.67. The molecule has 0 saturated heterocycles. The number of nitrogens with one attached hydrogen (secondary N) is 1. The second-order valence-electron chi connectivity index (χ2n) is 5.39. The van der Waals surface area contributed by atoms with Crippen LogP contribution in [0, 0.1) is 11.8 Å². The first kappa shape index (κ1) is 21.2. The van der Waals surface area contributed by atoms with E-state index in [0.717, 1.165) is 24.3 Å². The number of ether oxygens (including phenoxy) is 1. The van der Waals surface area contributed by atoms with E-state index in [2.05, 4.69) is 17.2 Å². The fourth-order valence-corrected chi connectivity index (χ4v) is 2.14. The molecule has 3 nitrogen and oxygen atoms in total. The van der Waals surface area contributed by atoms with Gasteiger partial charge >= 0.3 is 12.4 Å². The van der Waals surface area contributed by atoms with Crippen molar-refractivity contribution in [3.05, 3.63) is 65.2 Å². The van der Waals surface area contributed by atoms with Crippen molar-refractivity contribution in [3.63, 3.8) is 0 Å². The van der Waals surface area contributed by atoms with Crippen LogP contribution in [0.1, 0.15) is 21.5 Å². The Hall–Kier alpha value is -3.15. The molecule has 1 N–H and O–H groups in total. The van der Waals surface area contributed by atoms with Gasteiger partial charge in [0.05, 0.1) is 23.2 Å². The maximum absolute atomic E-state index is 12.9. The summed E-state index contributed by atoms with van der Waals surface area (Å²) in [5, 5.41) is 2.22. The Morgan fingerprint density at radius 1 is 0.929 bits per heavy atom. The Labute approximate surface area is 156 Å². The molecule has 0 aliphatic heterocycles. The van der Waals surface area contributed by atoms with Gasteiger partial charge in [-0.1, -0.05) is 30.0 Å². The Balaban J connectivity index is 1.88. The van der Waals surface area contributed by atoms with Crippen LogP contribution in [0.2, 0.25) is 0 Å². The summed E-state index contributed by atoms with van der Waals surface area (Å²) < 4.78 is 81.4. The molecule has 0 aliphatic rings. The quantitative estimate of drug-likeness (QED) is 0.604. The Bertz CT molecular complexity index is 894. The molecule has 2 rings (SSSR count). The van der Waals surface area contributed by atoms with Crippen molar-refractivity contribution < 1.29 is 35.9 Å². The molecule has 0 bridgehead atoms. The van der Waals surface area contributed by atoms with Crippen LogP contribution in [0.3, 0.4) is 0 Å². The van der Waals surface area contributed by atoms with Gasteiger partial charge in [-0.25, -0.2) is 0 Å². The zero-order valence-corrected chi connectivity index (χ0v) is 14.1. The summed E-state index contributed by atoms with van der Waals surface area (Å²) in [5.74, 6) is 3.92. The average Bonchev–Trinajstić information content (AvgIpc) is 2.63. The highest BCUT2D eigenvalue weighted by molar-refractivity contribution is 5.96. The number of hydrogen-bond acceptors (Lipinski definition) is 2. The second-order valence-corrected chi connectivity index (χ2v) is 5.39. The van der Waals surface area contributed by atoms with Crippen LogP contribution in [0.4, 0.5) is 26.3 Å². The van der Waals surface area contributed by atoms with E-state index in [1.165, 1.54) is 24.3 Å². The van der Waals surface area contributed by atoms with Crippen LogP contribution in [-0.2, 0) is 12.4 Å². The molecule has 28 heavy (non-hydrogen) atoms. The summed E-state index contributed by atoms with van der Waals surface area (Å²) in [7, 11) is 0. The zero-order chi connectivity index (χ0) is 20.8. The van der Waals surface area contributed by atoms with Crippen LogP contribution in [0.5, 0.6) is 5.75 Å². The second kappa shape index (κ2) is 8.69. The van der Waals surface area contributed by atoms with Crippen LogP contribution in [0.15, 0.2) is 48.5 Å². The number of amides is 1. The van der Waals surface area contributed by atoms with Gasteiger partial charge in [0, 0.05) is 0 Å². The highest BCUT2D eigenvalue weighted by atomic mass is 19.4. The van der Waals surface area contributed by atoms with Crippen LogP contribution in [0.25, 0.3) is 0 Å². The lowest BCUT2D eigenvalue weighted by molar-refractivity contribution is -0.138. The van der Waals surface area contributed by atoms with E-state index >= 15 is 0 Å². The predicted molar refractivity (Wildman–Crippen MR) is 88.5 cm³/mol. The first-order valence-electron chi connectivity index (χ1n) is 7.79. The number of carbonyl (C=O) groups excluding carboxylic acids is 1. The van der Waals surface area contributed by atoms with E-state index in [4.69, 9.17) is 4.74 Å². The summed E-state index contributed by atoms with van der Waals surface area (Å²) in [6.45, 7) is -0.507. The maximum atomic E-state index is 12.9. The molecule has 0 unspecified atom stereocenters. The minimum Gasteiger partial charge on any atom is -0.481 e. The number of carbonyl (C=O) groups is 1. The summed E-state index contributed by atoms with van der Waals surface area (Å²) in [5.41, 5.74) is -2.46. The SMILES string of the molecule is O=C(NCC#CCOc1cccc(C(F)(F)F)c1)c1ccccc1C(F)(F)F. The molecule has 0 spiro atoms. The van der Waals surface area contributed by atoms with Gasteiger partial charge in [-0.15, -0.1) is 0 Å². The van der Waals surface area contributed by atoms with Gasteiger partial charge in [0.2, 0.25) is 0 Å². The van der Waals surface area contributed by atoms with Crippen molar-refractivity contribution in [2.45, 2.75) is 12.4 Å². The van der Waals surface area contributed by atoms with E-state index in [0.29, 0.717) is 0 Å². The molecule has 0 saturated carbocycles. The highest BCUT2D eigenvalue weighted by Gasteiger charge is 2.34. The summed E-state index contributed by atoms with van der Waals surface area (Å²) in [4.78, 5) is 11.9. The summed E-state index contributed by atoms with van der Waals surface area (Å²) in [6, 6.07) is 8.54. The number of hydrogen-bond donors (Lipinski definition) is 1. The van der Waals surface area contributed by atoms with Crippen molar-refractivity contribution in [1.29, 1.82) is 0 Å². The van der Waals surface area contributed by atoms with Gasteiger partial charge in [0.25, 0.3) is 5.91 Å². The number of halogens is 6. The molecule has 0 atom stereocenters. The third kappa shape index (κ3) is 5.94. The van der Waals surface area contributed by atoms with Crippen LogP contribution >= 0.6 is 0 Å². The molecule has 0 aliphatic carbocycles. The molecule has 0 aromatic heterocycles. The Kier molecular flexibility index (Phi) is 6.57. The van der Waals surface area contributed by atoms with Crippen molar-refractivity contribution in [3.8, 4) is 17.6 Å². The number of benzene rings is 2. The molecular formula is C19H13F6NO2. The summed E-state index contributed by atoms with van der Waals surface area (Å²) in [6.07, 6.45) is -9.17. The smallest absolute Gasteiger partial charge is 0.417 e. The van der Waals surface area contributed by atoms with Gasteiger partial charge < -0.3 is 10.1 Å². The molecule has 2 aromatic rings. The topological polar surface area (TPSA) is 38.3 Å². The molecule has 0 heterocycles. The van der Waals surface area contributed by atoms with E-state index in [9.17, 15) is 31.1 Å². The molecular weight excluding hydrogens is 388 g/mol. The van der Waals surface area contributed by atoms with Crippen LogP contribution in [-0.4, -0.2) is 19.1 Å². The Morgan fingerprint density at radius 3 is 2.32 bits per heavy atom. The highest BCUT2D eigenvalue weighted by Crippen LogP contribution is 2.32. The first-order chi connectivity index (χ1) is 13.1. The maximum Gasteiger partial charge on any atom is 0.417 e. The molecule has 0 radical (unpaired) electrons. The monoisotopic (exact) mass is 401 g/mol. The third-order valence-electron chi connectivity index (χ3n) is 3.41. The lowest BCUT2D eigenvalue weighted by Crippen LogP contribution is -2.26. The van der Waals surface area contributed by atoms with Gasteiger partial charge in [-0.2, -0.15) is 26.3 Å². The molecule has 1 amide bonds. The predicted octanol–water partition coefficient (Wildman–Crippen LogP) is 4.54. The number of rotatable bonds is 4. The molecule has 0 fully saturated rings. The van der Waals surface area contributed by atoms with Gasteiger partial charge in [0.1, 0.15) is 12.4 Å². The lowest BCUT2D eigenvalue weighted by Gasteiger charge is -2.11. The van der Waals surface area contributed by atoms with Gasteiger partial charge in [-0.05, 0) is 30.3 Å². The van der Waals surface area contributed by atoms with Gasteiger partial charge in [0.15, 0.2) is 0 Å². The Morgan fingerprint density at radius 2 is 1.64 bits per heavy atom. The van der Waals surface area contributed by atoms with E-state index in [1.807, 2.05) is 0 Å². The fourth-order valence-electron chi connectivity index (χ4n) is 2.14. The normalized spacial score (nSPS) is 11.4. The van der Waals surface area contributed by atoms with Crippen molar-refractivity contribution in [2.75, 3.05) is 13.2 Å². The van der Waals surface area contributed by atoms with Crippen molar-refractivity contribution >= 4 is 5.91 Å². The molecule has 148 valence electrons. The lowest BCUT2D eigenvalue weighted by atomic mass is 10.1. The van der Waals surface area contributed by atoms with Crippen molar-refractivity contribution in [2.24, 2.45) is 0 Å². The fraction of sp³-hybridized carbons (Fsp3) is 0.211. The third-order valence-corrected chi connectivity index (χ3v) is 3.41. The van der Waals surface area contributed by atoms with Gasteiger partial charge in [-0.3, -0.25) is 4.79 Å².